The second-order valence-corrected chi connectivity index (χ2v) is 10.8. The van der Waals surface area contributed by atoms with Gasteiger partial charge in [0.2, 0.25) is 0 Å². The fourth-order valence-corrected chi connectivity index (χ4v) is 5.92. The Hall–Kier alpha value is -6.43. The lowest BCUT2D eigenvalue weighted by Crippen LogP contribution is -2.01. The van der Waals surface area contributed by atoms with Crippen LogP contribution in [0.15, 0.2) is 127 Å². The average molecular weight is 596 g/mol. The largest absolute Gasteiger partial charge is 0.404 e. The Morgan fingerprint density at radius 1 is 0.783 bits per heavy atom. The zero-order valence-electron chi connectivity index (χ0n) is 25.8. The maximum Gasteiger partial charge on any atom is 0.0985 e. The number of fused-ring (bicyclic) bond motifs is 2. The topological polar surface area (TPSA) is 123 Å². The maximum absolute atomic E-state index is 9.37. The molecule has 0 aliphatic heterocycles. The van der Waals surface area contributed by atoms with Gasteiger partial charge in [0.25, 0.3) is 0 Å². The molecule has 0 saturated heterocycles. The summed E-state index contributed by atoms with van der Waals surface area (Å²) >= 11 is 0. The van der Waals surface area contributed by atoms with Crippen LogP contribution in [0.4, 0.5) is 5.69 Å². The fourth-order valence-electron chi connectivity index (χ4n) is 5.92. The van der Waals surface area contributed by atoms with E-state index < -0.39 is 0 Å². The summed E-state index contributed by atoms with van der Waals surface area (Å²) in [5.74, 6) is 0. The molecule has 5 rings (SSSR count). The van der Waals surface area contributed by atoms with Crippen molar-refractivity contribution in [1.29, 1.82) is 15.9 Å². The van der Waals surface area contributed by atoms with Gasteiger partial charge in [-0.25, -0.2) is 0 Å². The molecule has 0 amide bonds. The number of nitrogen functional groups attached to an aromatic ring is 1. The van der Waals surface area contributed by atoms with Crippen LogP contribution in [0, 0.1) is 28.1 Å². The van der Waals surface area contributed by atoms with Gasteiger partial charge in [0.15, 0.2) is 0 Å². The van der Waals surface area contributed by atoms with Crippen molar-refractivity contribution in [2.45, 2.75) is 13.8 Å². The molecule has 0 radical (unpaired) electrons. The maximum atomic E-state index is 9.37. The number of nitrogens with two attached hydrogens (primary N) is 2. The average Bonchev–Trinajstić information content (AvgIpc) is 3.09. The Labute approximate surface area is 269 Å². The van der Waals surface area contributed by atoms with Crippen molar-refractivity contribution < 1.29 is 0 Å². The number of benzene rings is 5. The highest BCUT2D eigenvalue weighted by molar-refractivity contribution is 6.22. The smallest absolute Gasteiger partial charge is 0.0985 e. The van der Waals surface area contributed by atoms with Crippen LogP contribution in [-0.2, 0) is 0 Å². The third-order valence-corrected chi connectivity index (χ3v) is 8.00. The van der Waals surface area contributed by atoms with E-state index >= 15 is 0 Å². The molecule has 0 fully saturated rings. The molecule has 0 aliphatic rings. The van der Waals surface area contributed by atoms with Crippen LogP contribution in [0.5, 0.6) is 0 Å². The van der Waals surface area contributed by atoms with Gasteiger partial charge in [0.1, 0.15) is 0 Å². The van der Waals surface area contributed by atoms with E-state index in [1.54, 1.807) is 19.1 Å². The van der Waals surface area contributed by atoms with Crippen LogP contribution in [0.2, 0.25) is 0 Å². The predicted molar refractivity (Wildman–Crippen MR) is 194 cm³/mol. The molecule has 5 aromatic carbocycles. The molecule has 5 heteroatoms. The molecule has 5 aromatic rings. The first-order valence-electron chi connectivity index (χ1n) is 14.8. The minimum atomic E-state index is 0.296. The Kier molecular flexibility index (Phi) is 9.08. The van der Waals surface area contributed by atoms with Gasteiger partial charge in [-0.15, -0.1) is 0 Å². The van der Waals surface area contributed by atoms with Gasteiger partial charge in [-0.1, -0.05) is 104 Å². The number of hydrogen-bond donors (Lipinski definition) is 3. The number of nitrogens with one attached hydrogen (secondary N) is 1. The predicted octanol–water partition coefficient (Wildman–Crippen LogP) is 9.82. The van der Waals surface area contributed by atoms with E-state index in [1.807, 2.05) is 43.3 Å². The van der Waals surface area contributed by atoms with E-state index in [2.05, 4.69) is 79.4 Å². The molecule has 0 aliphatic carbocycles. The molecule has 0 heterocycles. The van der Waals surface area contributed by atoms with Crippen molar-refractivity contribution in [3.05, 3.63) is 144 Å². The first-order chi connectivity index (χ1) is 22.4. The number of allylic oxidation sites excluding steroid dienone is 7. The van der Waals surface area contributed by atoms with Crippen molar-refractivity contribution in [3.63, 3.8) is 0 Å². The number of hydrogen-bond acceptors (Lipinski definition) is 5. The van der Waals surface area contributed by atoms with Crippen molar-refractivity contribution in [1.82, 2.24) is 0 Å². The zero-order valence-corrected chi connectivity index (χ0v) is 25.8. The van der Waals surface area contributed by atoms with Gasteiger partial charge in [-0.3, -0.25) is 0 Å². The number of nitrogens with zero attached hydrogens (tertiary/aromatic N) is 2. The summed E-state index contributed by atoms with van der Waals surface area (Å²) < 4.78 is 0. The highest BCUT2D eigenvalue weighted by Crippen LogP contribution is 2.46. The third kappa shape index (κ3) is 5.74. The van der Waals surface area contributed by atoms with Gasteiger partial charge in [0, 0.05) is 51.5 Å². The Balaban J connectivity index is 1.80. The van der Waals surface area contributed by atoms with Gasteiger partial charge in [-0.2, -0.15) is 10.5 Å². The van der Waals surface area contributed by atoms with Gasteiger partial charge >= 0.3 is 0 Å². The molecule has 0 saturated carbocycles. The van der Waals surface area contributed by atoms with E-state index in [1.165, 1.54) is 12.4 Å². The minimum absolute atomic E-state index is 0.296. The van der Waals surface area contributed by atoms with E-state index in [0.29, 0.717) is 28.0 Å². The lowest BCUT2D eigenvalue weighted by Gasteiger charge is -2.21. The molecule has 0 aromatic heterocycles. The Bertz CT molecular complexity index is 2170. The van der Waals surface area contributed by atoms with Crippen LogP contribution in [0.1, 0.15) is 30.5 Å². The van der Waals surface area contributed by atoms with E-state index in [9.17, 15) is 10.5 Å². The van der Waals surface area contributed by atoms with Crippen molar-refractivity contribution in [2.24, 2.45) is 5.73 Å². The minimum Gasteiger partial charge on any atom is -0.404 e. The summed E-state index contributed by atoms with van der Waals surface area (Å²) in [4.78, 5) is 0. The second-order valence-electron chi connectivity index (χ2n) is 10.8. The van der Waals surface area contributed by atoms with Crippen LogP contribution in [0.25, 0.3) is 61.0 Å². The first-order valence-corrected chi connectivity index (χ1v) is 14.8. The van der Waals surface area contributed by atoms with Crippen LogP contribution >= 0.6 is 0 Å². The lowest BCUT2D eigenvalue weighted by molar-refractivity contribution is 1.44. The zero-order chi connectivity index (χ0) is 32.8. The highest BCUT2D eigenvalue weighted by atomic mass is 14.6. The van der Waals surface area contributed by atoms with Gasteiger partial charge in [-0.05, 0) is 75.4 Å². The van der Waals surface area contributed by atoms with Crippen LogP contribution in [0.3, 0.4) is 0 Å². The summed E-state index contributed by atoms with van der Waals surface area (Å²) in [6.45, 7) is 7.44. The molecular weight excluding hydrogens is 562 g/mol. The molecule has 5 N–H and O–H groups in total. The number of anilines is 1. The molecule has 0 bridgehead atoms. The molecular formula is C41H33N5. The van der Waals surface area contributed by atoms with E-state index in [-0.39, 0.29) is 0 Å². The summed E-state index contributed by atoms with van der Waals surface area (Å²) in [5.41, 5.74) is 22.3. The van der Waals surface area contributed by atoms with Crippen molar-refractivity contribution in [2.75, 3.05) is 5.73 Å². The summed E-state index contributed by atoms with van der Waals surface area (Å²) in [5, 5.41) is 30.8. The van der Waals surface area contributed by atoms with Crippen molar-refractivity contribution in [3.8, 4) is 34.4 Å². The molecule has 5 nitrogen and oxygen atoms in total. The summed E-state index contributed by atoms with van der Waals surface area (Å²) in [6, 6.07) is 33.1. The van der Waals surface area contributed by atoms with E-state index in [0.717, 1.165) is 60.5 Å². The molecule has 0 atom stereocenters. The molecule has 46 heavy (non-hydrogen) atoms. The van der Waals surface area contributed by atoms with Gasteiger partial charge in [0.05, 0.1) is 12.1 Å². The second kappa shape index (κ2) is 13.5. The highest BCUT2D eigenvalue weighted by Gasteiger charge is 2.20. The first kappa shape index (κ1) is 31.0. The molecule has 222 valence electrons. The van der Waals surface area contributed by atoms with Crippen molar-refractivity contribution >= 4 is 50.7 Å². The van der Waals surface area contributed by atoms with E-state index in [4.69, 9.17) is 16.9 Å². The fraction of sp³-hybridized carbons (Fsp3) is 0.0488. The van der Waals surface area contributed by atoms with Crippen LogP contribution < -0.4 is 11.5 Å². The Morgan fingerprint density at radius 2 is 1.37 bits per heavy atom. The molecule has 0 unspecified atom stereocenters. The lowest BCUT2D eigenvalue weighted by atomic mass is 9.83. The Morgan fingerprint density at radius 3 is 1.87 bits per heavy atom. The SMILES string of the molecule is C=C(C#N)/C=C(\C=N)c1ccc(-c2c3ccccc3c(-c3ccc(C(/C=C(\C)C#N)=C/N)c(N)c3/C=C\C)c3ccccc23)cc1. The quantitative estimate of drug-likeness (QED) is 0.0543. The standard InChI is InChI=1S/C41H33N5/c1-4-9-38-37(19-18-32(41(38)46)31(25-45)21-27(3)23-43)40-35-12-7-5-10-33(35)39(34-11-6-8-13-36(34)40)29-16-14-28(15-17-29)30(24-44)20-26(2)22-42/h4-21,24-25,44H,2,45-46H2,1,3H3/b9-4-,27-21+,30-20+,31-25+,44-24?. The normalized spacial score (nSPS) is 12.3. The molecule has 0 spiro atoms. The van der Waals surface area contributed by atoms with Gasteiger partial charge < -0.3 is 16.9 Å². The monoisotopic (exact) mass is 595 g/mol. The summed E-state index contributed by atoms with van der Waals surface area (Å²) in [7, 11) is 0. The number of nitriles is 2. The third-order valence-electron chi connectivity index (χ3n) is 8.00. The number of rotatable bonds is 8. The summed E-state index contributed by atoms with van der Waals surface area (Å²) in [6.07, 6.45) is 10.1. The van der Waals surface area contributed by atoms with Crippen LogP contribution in [-0.4, -0.2) is 6.21 Å².